The standard InChI is InChI=1S/C23H30N4O2/c1-16(2)26-13-11-18-19(15-26)24-22(25-23(18)29)20-10-6-7-12-27(20)21(28)14-17-8-4-3-5-9-17/h3-5,8-9,16,20H,6-7,10-15H2,1-2H3,(H,24,25,29). The van der Waals surface area contributed by atoms with Crippen molar-refractivity contribution in [3.63, 3.8) is 0 Å². The highest BCUT2D eigenvalue weighted by Crippen LogP contribution is 2.30. The van der Waals surface area contributed by atoms with Crippen molar-refractivity contribution in [1.82, 2.24) is 19.8 Å². The van der Waals surface area contributed by atoms with E-state index in [0.29, 0.717) is 24.8 Å². The van der Waals surface area contributed by atoms with Gasteiger partial charge in [-0.2, -0.15) is 0 Å². The van der Waals surface area contributed by atoms with Gasteiger partial charge < -0.3 is 9.88 Å². The Morgan fingerprint density at radius 1 is 1.21 bits per heavy atom. The molecule has 6 heteroatoms. The molecule has 1 amide bonds. The monoisotopic (exact) mass is 394 g/mol. The molecule has 0 bridgehead atoms. The average molecular weight is 395 g/mol. The van der Waals surface area contributed by atoms with Gasteiger partial charge in [0.25, 0.3) is 5.56 Å². The number of aromatic nitrogens is 2. The number of piperidine rings is 1. The molecule has 0 aliphatic carbocycles. The molecule has 4 rings (SSSR count). The quantitative estimate of drug-likeness (QED) is 0.866. The van der Waals surface area contributed by atoms with E-state index in [1.54, 1.807) is 0 Å². The second kappa shape index (κ2) is 8.49. The van der Waals surface area contributed by atoms with Crippen LogP contribution in [0.2, 0.25) is 0 Å². The number of carbonyl (C=O) groups excluding carboxylic acids is 1. The van der Waals surface area contributed by atoms with Gasteiger partial charge in [-0.05, 0) is 45.1 Å². The Kier molecular flexibility index (Phi) is 5.81. The Hall–Kier alpha value is -2.47. The van der Waals surface area contributed by atoms with E-state index in [-0.39, 0.29) is 17.5 Å². The summed E-state index contributed by atoms with van der Waals surface area (Å²) in [6.07, 6.45) is 3.99. The van der Waals surface area contributed by atoms with Gasteiger partial charge in [-0.1, -0.05) is 30.3 Å². The average Bonchev–Trinajstić information content (AvgIpc) is 2.74. The first-order valence-corrected chi connectivity index (χ1v) is 10.7. The zero-order valence-corrected chi connectivity index (χ0v) is 17.4. The van der Waals surface area contributed by atoms with Crippen molar-refractivity contribution in [1.29, 1.82) is 0 Å². The van der Waals surface area contributed by atoms with Crippen molar-refractivity contribution in [3.05, 3.63) is 63.3 Å². The summed E-state index contributed by atoms with van der Waals surface area (Å²) in [6, 6.07) is 10.1. The molecule has 2 aromatic rings. The number of amides is 1. The molecular formula is C23H30N4O2. The maximum Gasteiger partial charge on any atom is 0.254 e. The maximum absolute atomic E-state index is 13.1. The van der Waals surface area contributed by atoms with E-state index in [1.807, 2.05) is 35.2 Å². The molecule has 29 heavy (non-hydrogen) atoms. The molecule has 1 fully saturated rings. The summed E-state index contributed by atoms with van der Waals surface area (Å²) in [5.74, 6) is 0.755. The topological polar surface area (TPSA) is 69.3 Å². The van der Waals surface area contributed by atoms with Gasteiger partial charge in [0, 0.05) is 31.2 Å². The van der Waals surface area contributed by atoms with Gasteiger partial charge in [-0.25, -0.2) is 4.98 Å². The molecule has 2 aliphatic rings. The van der Waals surface area contributed by atoms with Crippen LogP contribution in [0.3, 0.4) is 0 Å². The highest BCUT2D eigenvalue weighted by atomic mass is 16.2. The maximum atomic E-state index is 13.1. The Labute approximate surface area is 172 Å². The summed E-state index contributed by atoms with van der Waals surface area (Å²) in [6.45, 7) is 6.65. The molecule has 154 valence electrons. The Balaban J connectivity index is 1.60. The first-order chi connectivity index (χ1) is 14.0. The summed E-state index contributed by atoms with van der Waals surface area (Å²) in [5, 5.41) is 0. The molecule has 1 saturated heterocycles. The Bertz CT molecular complexity index is 922. The zero-order chi connectivity index (χ0) is 20.4. The summed E-state index contributed by atoms with van der Waals surface area (Å²) in [4.78, 5) is 38.0. The van der Waals surface area contributed by atoms with Gasteiger partial charge in [0.05, 0.1) is 18.2 Å². The lowest BCUT2D eigenvalue weighted by atomic mass is 9.99. The Morgan fingerprint density at radius 3 is 2.76 bits per heavy atom. The van der Waals surface area contributed by atoms with Crippen molar-refractivity contribution >= 4 is 5.91 Å². The van der Waals surface area contributed by atoms with Crippen LogP contribution in [0.25, 0.3) is 0 Å². The van der Waals surface area contributed by atoms with E-state index in [9.17, 15) is 9.59 Å². The van der Waals surface area contributed by atoms with Gasteiger partial charge in [-0.3, -0.25) is 14.5 Å². The smallest absolute Gasteiger partial charge is 0.254 e. The molecule has 0 spiro atoms. The molecule has 1 unspecified atom stereocenters. The minimum atomic E-state index is -0.146. The number of aromatic amines is 1. The van der Waals surface area contributed by atoms with E-state index >= 15 is 0 Å². The fourth-order valence-electron chi connectivity index (χ4n) is 4.46. The summed E-state index contributed by atoms with van der Waals surface area (Å²) in [7, 11) is 0. The number of hydrogen-bond acceptors (Lipinski definition) is 4. The summed E-state index contributed by atoms with van der Waals surface area (Å²) >= 11 is 0. The number of nitrogens with zero attached hydrogens (tertiary/aromatic N) is 3. The van der Waals surface area contributed by atoms with Gasteiger partial charge in [0.2, 0.25) is 5.91 Å². The fourth-order valence-corrected chi connectivity index (χ4v) is 4.46. The zero-order valence-electron chi connectivity index (χ0n) is 17.4. The van der Waals surface area contributed by atoms with Crippen LogP contribution in [0.5, 0.6) is 0 Å². The third kappa shape index (κ3) is 4.27. The predicted octanol–water partition coefficient (Wildman–Crippen LogP) is 2.83. The van der Waals surface area contributed by atoms with E-state index in [0.717, 1.165) is 55.6 Å². The molecule has 1 N–H and O–H groups in total. The summed E-state index contributed by atoms with van der Waals surface area (Å²) < 4.78 is 0. The highest BCUT2D eigenvalue weighted by Gasteiger charge is 2.31. The van der Waals surface area contributed by atoms with Crippen LogP contribution in [0.4, 0.5) is 0 Å². The van der Waals surface area contributed by atoms with E-state index < -0.39 is 0 Å². The van der Waals surface area contributed by atoms with Gasteiger partial charge in [0.15, 0.2) is 0 Å². The number of carbonyl (C=O) groups is 1. The molecule has 6 nitrogen and oxygen atoms in total. The summed E-state index contributed by atoms with van der Waals surface area (Å²) in [5.41, 5.74) is 2.67. The first kappa shape index (κ1) is 19.8. The van der Waals surface area contributed by atoms with Crippen molar-refractivity contribution in [2.75, 3.05) is 13.1 Å². The number of likely N-dealkylation sites (tertiary alicyclic amines) is 1. The molecule has 0 radical (unpaired) electrons. The SMILES string of the molecule is CC(C)N1CCc2c(nc(C3CCCCN3C(=O)Cc3ccccc3)[nH]c2=O)C1. The minimum Gasteiger partial charge on any atom is -0.332 e. The fraction of sp³-hybridized carbons (Fsp3) is 0.522. The van der Waals surface area contributed by atoms with Crippen LogP contribution >= 0.6 is 0 Å². The van der Waals surface area contributed by atoms with Crippen LogP contribution in [0.15, 0.2) is 35.1 Å². The van der Waals surface area contributed by atoms with E-state index in [2.05, 4.69) is 23.7 Å². The van der Waals surface area contributed by atoms with Crippen molar-refractivity contribution in [2.45, 2.75) is 64.6 Å². The molecular weight excluding hydrogens is 364 g/mol. The molecule has 2 aliphatic heterocycles. The Morgan fingerprint density at radius 2 is 2.00 bits per heavy atom. The number of nitrogens with one attached hydrogen (secondary N) is 1. The highest BCUT2D eigenvalue weighted by molar-refractivity contribution is 5.79. The predicted molar refractivity (Wildman–Crippen MR) is 113 cm³/mol. The van der Waals surface area contributed by atoms with E-state index in [4.69, 9.17) is 4.98 Å². The number of H-pyrrole nitrogens is 1. The van der Waals surface area contributed by atoms with Crippen molar-refractivity contribution in [3.8, 4) is 0 Å². The number of benzene rings is 1. The van der Waals surface area contributed by atoms with E-state index in [1.165, 1.54) is 0 Å². The van der Waals surface area contributed by atoms with Crippen LogP contribution in [0.1, 0.15) is 61.8 Å². The molecule has 1 atom stereocenters. The lowest BCUT2D eigenvalue weighted by molar-refractivity contribution is -0.134. The van der Waals surface area contributed by atoms with Crippen molar-refractivity contribution < 1.29 is 4.79 Å². The van der Waals surface area contributed by atoms with Crippen LogP contribution in [-0.4, -0.2) is 44.8 Å². The number of rotatable bonds is 4. The number of fused-ring (bicyclic) bond motifs is 1. The van der Waals surface area contributed by atoms with Crippen molar-refractivity contribution in [2.24, 2.45) is 0 Å². The van der Waals surface area contributed by atoms with Crippen LogP contribution in [0, 0.1) is 0 Å². The second-order valence-corrected chi connectivity index (χ2v) is 8.45. The van der Waals surface area contributed by atoms with Crippen LogP contribution in [-0.2, 0) is 24.2 Å². The molecule has 0 saturated carbocycles. The normalized spacial score (nSPS) is 20.0. The van der Waals surface area contributed by atoms with Gasteiger partial charge in [-0.15, -0.1) is 0 Å². The number of hydrogen-bond donors (Lipinski definition) is 1. The van der Waals surface area contributed by atoms with Gasteiger partial charge >= 0.3 is 0 Å². The lowest BCUT2D eigenvalue weighted by Crippen LogP contribution is -2.43. The van der Waals surface area contributed by atoms with Gasteiger partial charge in [0.1, 0.15) is 5.82 Å². The molecule has 1 aromatic heterocycles. The second-order valence-electron chi connectivity index (χ2n) is 8.45. The minimum absolute atomic E-state index is 0.0329. The largest absolute Gasteiger partial charge is 0.332 e. The first-order valence-electron chi connectivity index (χ1n) is 10.7. The molecule has 1 aromatic carbocycles. The third-order valence-corrected chi connectivity index (χ3v) is 6.19. The third-order valence-electron chi connectivity index (χ3n) is 6.19. The lowest BCUT2D eigenvalue weighted by Gasteiger charge is -2.36. The van der Waals surface area contributed by atoms with Crippen LogP contribution < -0.4 is 5.56 Å². The molecule has 3 heterocycles.